The predicted molar refractivity (Wildman–Crippen MR) is 220 cm³/mol. The average molecular weight is 775 g/mol. The third-order valence-corrected chi connectivity index (χ3v) is 10.4. The van der Waals surface area contributed by atoms with Crippen LogP contribution in [-0.2, 0) is 14.4 Å². The maximum absolute atomic E-state index is 13.4. The van der Waals surface area contributed by atoms with Crippen molar-refractivity contribution >= 4 is 69.1 Å². The lowest BCUT2D eigenvalue weighted by Gasteiger charge is -2.28. The number of pyridine rings is 1. The molecule has 1 unspecified atom stereocenters. The van der Waals surface area contributed by atoms with Crippen molar-refractivity contribution in [2.45, 2.75) is 70.3 Å². The van der Waals surface area contributed by atoms with Crippen LogP contribution in [0.5, 0.6) is 0 Å². The van der Waals surface area contributed by atoms with Crippen LogP contribution in [0.2, 0.25) is 0 Å². The smallest absolute Gasteiger partial charge is 0.264 e. The van der Waals surface area contributed by atoms with E-state index in [0.29, 0.717) is 17.8 Å². The standard InChI is InChI=1S/C43H50N8O6/c1-44-40(54)32-26-47-33-20-19-29(25-31(33)39(32)48-28-15-10-9-11-16-28)45-23-12-7-5-3-4-6-8-13-24-46-37(53)27-50(2)34-18-14-17-30-38(34)43(57)51(42(30)56)35-21-22-36(52)49-41(35)55/h9-11,14-20,25-26,35,45H,3-8,12-13,21-24,27H2,1-2H3,(H,44,54)(H,46,53)(H,47,48)(H,49,52,55). The number of fused-ring (bicyclic) bond motifs is 2. The molecule has 4 aromatic rings. The van der Waals surface area contributed by atoms with E-state index < -0.39 is 29.7 Å². The number of carbonyl (C=O) groups excluding carboxylic acids is 6. The SMILES string of the molecule is CNC(=O)c1cnc2ccc(NCCCCCCCCCCNC(=O)CN(C)c3cccc4c3C(=O)N(C3CCC(=O)NC3=O)C4=O)cc2c1Nc1ccccc1. The van der Waals surface area contributed by atoms with E-state index in [9.17, 15) is 28.8 Å². The molecule has 0 radical (unpaired) electrons. The number of aromatic nitrogens is 1. The summed E-state index contributed by atoms with van der Waals surface area (Å²) in [5, 5.41) is 15.7. The number of unbranched alkanes of at least 4 members (excludes halogenated alkanes) is 7. The zero-order valence-corrected chi connectivity index (χ0v) is 32.5. The van der Waals surface area contributed by atoms with Gasteiger partial charge in [0.05, 0.1) is 40.1 Å². The third-order valence-electron chi connectivity index (χ3n) is 10.4. The Balaban J connectivity index is 0.860. The van der Waals surface area contributed by atoms with E-state index in [0.717, 1.165) is 90.8 Å². The molecule has 0 saturated carbocycles. The second-order valence-electron chi connectivity index (χ2n) is 14.5. The molecule has 14 nitrogen and oxygen atoms in total. The number of benzene rings is 3. The maximum atomic E-state index is 13.4. The van der Waals surface area contributed by atoms with Crippen LogP contribution in [0.25, 0.3) is 10.9 Å². The van der Waals surface area contributed by atoms with Gasteiger partial charge in [0.15, 0.2) is 0 Å². The molecule has 0 aliphatic carbocycles. The lowest BCUT2D eigenvalue weighted by Crippen LogP contribution is -2.54. The first-order valence-corrected chi connectivity index (χ1v) is 19.7. The predicted octanol–water partition coefficient (Wildman–Crippen LogP) is 5.52. The highest BCUT2D eigenvalue weighted by Crippen LogP contribution is 2.34. The highest BCUT2D eigenvalue weighted by atomic mass is 16.2. The van der Waals surface area contributed by atoms with Crippen LogP contribution in [-0.4, -0.2) is 85.1 Å². The zero-order valence-electron chi connectivity index (χ0n) is 32.5. The Labute approximate surface area is 332 Å². The van der Waals surface area contributed by atoms with Gasteiger partial charge in [0.2, 0.25) is 17.7 Å². The average Bonchev–Trinajstić information content (AvgIpc) is 3.47. The van der Waals surface area contributed by atoms with E-state index in [1.54, 1.807) is 37.3 Å². The minimum absolute atomic E-state index is 0.00557. The van der Waals surface area contributed by atoms with Gasteiger partial charge in [-0.25, -0.2) is 0 Å². The number of anilines is 4. The Hall–Kier alpha value is -6.31. The van der Waals surface area contributed by atoms with Gasteiger partial charge in [0.1, 0.15) is 6.04 Å². The minimum Gasteiger partial charge on any atom is -0.385 e. The van der Waals surface area contributed by atoms with E-state index in [1.165, 1.54) is 6.07 Å². The lowest BCUT2D eigenvalue weighted by molar-refractivity contribution is -0.136. The van der Waals surface area contributed by atoms with Crippen LogP contribution in [0.4, 0.5) is 22.7 Å². The summed E-state index contributed by atoms with van der Waals surface area (Å²) in [7, 11) is 3.30. The van der Waals surface area contributed by atoms with E-state index in [4.69, 9.17) is 0 Å². The van der Waals surface area contributed by atoms with Crippen molar-refractivity contribution in [3.8, 4) is 0 Å². The van der Waals surface area contributed by atoms with Gasteiger partial charge in [0, 0.05) is 56.6 Å². The number of likely N-dealkylation sites (N-methyl/N-ethyl adjacent to an activating group) is 1. The molecule has 2 aliphatic heterocycles. The minimum atomic E-state index is -1.05. The van der Waals surface area contributed by atoms with Gasteiger partial charge in [-0.15, -0.1) is 0 Å². The van der Waals surface area contributed by atoms with Crippen molar-refractivity contribution in [2.24, 2.45) is 0 Å². The molecular weight excluding hydrogens is 725 g/mol. The Morgan fingerprint density at radius 1 is 0.842 bits per heavy atom. The van der Waals surface area contributed by atoms with Gasteiger partial charge >= 0.3 is 0 Å². The summed E-state index contributed by atoms with van der Waals surface area (Å²) in [4.78, 5) is 83.1. The highest BCUT2D eigenvalue weighted by Gasteiger charge is 2.46. The van der Waals surface area contributed by atoms with Crippen molar-refractivity contribution in [2.75, 3.05) is 49.3 Å². The molecule has 0 bridgehead atoms. The zero-order chi connectivity index (χ0) is 40.3. The van der Waals surface area contributed by atoms with Crippen LogP contribution >= 0.6 is 0 Å². The topological polar surface area (TPSA) is 182 Å². The number of hydrogen-bond acceptors (Lipinski definition) is 10. The van der Waals surface area contributed by atoms with E-state index in [-0.39, 0.29) is 42.3 Å². The molecular formula is C43H50N8O6. The van der Waals surface area contributed by atoms with Crippen molar-refractivity contribution in [1.82, 2.24) is 25.8 Å². The molecule has 3 aromatic carbocycles. The molecule has 1 fully saturated rings. The molecule has 0 spiro atoms. The van der Waals surface area contributed by atoms with E-state index >= 15 is 0 Å². The second kappa shape index (κ2) is 19.0. The number of hydrogen-bond donors (Lipinski definition) is 5. The molecule has 57 heavy (non-hydrogen) atoms. The van der Waals surface area contributed by atoms with E-state index in [1.807, 2.05) is 48.5 Å². The van der Waals surface area contributed by atoms with Gasteiger partial charge in [-0.3, -0.25) is 44.0 Å². The van der Waals surface area contributed by atoms with Crippen molar-refractivity contribution in [3.63, 3.8) is 0 Å². The number of piperidine rings is 1. The molecule has 3 heterocycles. The highest BCUT2D eigenvalue weighted by molar-refractivity contribution is 6.25. The van der Waals surface area contributed by atoms with Crippen LogP contribution in [0.1, 0.15) is 95.3 Å². The molecule has 298 valence electrons. The normalized spacial score (nSPS) is 15.0. The number of para-hydroxylation sites is 1. The number of imide groups is 2. The summed E-state index contributed by atoms with van der Waals surface area (Å²) in [6.45, 7) is 1.38. The number of amides is 6. The third kappa shape index (κ3) is 9.74. The fraction of sp³-hybridized carbons (Fsp3) is 0.372. The molecule has 1 aromatic heterocycles. The first-order chi connectivity index (χ1) is 27.7. The summed E-state index contributed by atoms with van der Waals surface area (Å²) in [5.41, 5.74) is 4.63. The van der Waals surface area contributed by atoms with Gasteiger partial charge in [-0.2, -0.15) is 0 Å². The van der Waals surface area contributed by atoms with E-state index in [2.05, 4.69) is 31.6 Å². The van der Waals surface area contributed by atoms with Gasteiger partial charge in [0.25, 0.3) is 17.7 Å². The Morgan fingerprint density at radius 2 is 1.56 bits per heavy atom. The number of nitrogens with zero attached hydrogens (tertiary/aromatic N) is 3. The molecule has 1 saturated heterocycles. The van der Waals surface area contributed by atoms with Crippen LogP contribution in [0.15, 0.2) is 72.9 Å². The van der Waals surface area contributed by atoms with Crippen LogP contribution < -0.4 is 31.5 Å². The first-order valence-electron chi connectivity index (χ1n) is 19.7. The Bertz CT molecular complexity index is 2140. The summed E-state index contributed by atoms with van der Waals surface area (Å²) in [6, 6.07) is 19.6. The quantitative estimate of drug-likeness (QED) is 0.0601. The molecule has 2 aliphatic rings. The summed E-state index contributed by atoms with van der Waals surface area (Å²) in [5.74, 6) is -2.67. The Kier molecular flexibility index (Phi) is 13.5. The van der Waals surface area contributed by atoms with Crippen molar-refractivity contribution < 1.29 is 28.8 Å². The fourth-order valence-electron chi connectivity index (χ4n) is 7.35. The summed E-state index contributed by atoms with van der Waals surface area (Å²) >= 11 is 0. The molecule has 1 atom stereocenters. The first kappa shape index (κ1) is 40.4. The Morgan fingerprint density at radius 3 is 2.28 bits per heavy atom. The molecule has 6 amide bonds. The van der Waals surface area contributed by atoms with Crippen molar-refractivity contribution in [1.29, 1.82) is 0 Å². The molecule has 5 N–H and O–H groups in total. The molecule has 14 heteroatoms. The molecule has 6 rings (SSSR count). The number of carbonyl (C=O) groups is 6. The fourth-order valence-corrected chi connectivity index (χ4v) is 7.35. The van der Waals surface area contributed by atoms with Crippen molar-refractivity contribution in [3.05, 3.63) is 89.6 Å². The summed E-state index contributed by atoms with van der Waals surface area (Å²) in [6.07, 6.45) is 10.3. The number of rotatable bonds is 19. The maximum Gasteiger partial charge on any atom is 0.264 e. The largest absolute Gasteiger partial charge is 0.385 e. The monoisotopic (exact) mass is 774 g/mol. The second-order valence-corrected chi connectivity index (χ2v) is 14.5. The van der Waals surface area contributed by atoms with Gasteiger partial charge in [-0.1, -0.05) is 62.8 Å². The van der Waals surface area contributed by atoms with Gasteiger partial charge in [-0.05, 0) is 61.7 Å². The van der Waals surface area contributed by atoms with Crippen LogP contribution in [0, 0.1) is 0 Å². The van der Waals surface area contributed by atoms with Crippen LogP contribution in [0.3, 0.4) is 0 Å². The summed E-state index contributed by atoms with van der Waals surface area (Å²) < 4.78 is 0. The van der Waals surface area contributed by atoms with Gasteiger partial charge < -0.3 is 26.2 Å². The number of nitrogens with one attached hydrogen (secondary N) is 5. The lowest BCUT2D eigenvalue weighted by atomic mass is 10.0.